The van der Waals surface area contributed by atoms with Gasteiger partial charge in [-0.05, 0) is 25.2 Å². The molecule has 0 saturated carbocycles. The molecule has 2 atom stereocenters. The summed E-state index contributed by atoms with van der Waals surface area (Å²) in [5.41, 5.74) is 0. The standard InChI is InChI=1S/C18H38S2/c1-6-9-11-13-15-17(14-12-10-7-2)18(8-3)20-19-16(4)5/h16-18H,6-15H2,1-5H3/t17?,18-/m0/s1. The lowest BCUT2D eigenvalue weighted by Crippen LogP contribution is -2.16. The van der Waals surface area contributed by atoms with Gasteiger partial charge in [0.2, 0.25) is 0 Å². The highest BCUT2D eigenvalue weighted by molar-refractivity contribution is 8.77. The van der Waals surface area contributed by atoms with E-state index in [1.54, 1.807) is 0 Å². The normalized spacial score (nSPS) is 14.7. The van der Waals surface area contributed by atoms with Crippen molar-refractivity contribution in [2.45, 2.75) is 109 Å². The SMILES string of the molecule is CCCCCCC(CCCCC)[C@H](CC)SSC(C)C. The topological polar surface area (TPSA) is 0 Å². The van der Waals surface area contributed by atoms with Gasteiger partial charge in [-0.1, -0.05) is 101 Å². The summed E-state index contributed by atoms with van der Waals surface area (Å²) in [6.45, 7) is 11.6. The molecule has 0 aliphatic heterocycles. The molecular weight excluding hydrogens is 280 g/mol. The Kier molecular flexibility index (Phi) is 15.1. The third-order valence-electron chi connectivity index (χ3n) is 3.91. The first kappa shape index (κ1) is 20.7. The van der Waals surface area contributed by atoms with Crippen LogP contribution in [0.15, 0.2) is 0 Å². The van der Waals surface area contributed by atoms with E-state index in [-0.39, 0.29) is 0 Å². The molecule has 122 valence electrons. The van der Waals surface area contributed by atoms with Gasteiger partial charge in [-0.2, -0.15) is 0 Å². The number of unbranched alkanes of at least 4 members (excludes halogenated alkanes) is 5. The molecular formula is C18H38S2. The summed E-state index contributed by atoms with van der Waals surface area (Å²) in [7, 11) is 4.27. The molecule has 0 rings (SSSR count). The van der Waals surface area contributed by atoms with Crippen LogP contribution in [0.1, 0.15) is 98.8 Å². The third-order valence-corrected chi connectivity index (χ3v) is 7.60. The first-order valence-electron chi connectivity index (χ1n) is 8.97. The van der Waals surface area contributed by atoms with Crippen molar-refractivity contribution in [3.05, 3.63) is 0 Å². The summed E-state index contributed by atoms with van der Waals surface area (Å²) in [6, 6.07) is 0. The summed E-state index contributed by atoms with van der Waals surface area (Å²) in [4.78, 5) is 0. The Morgan fingerprint density at radius 1 is 0.700 bits per heavy atom. The Balaban J connectivity index is 4.20. The first-order chi connectivity index (χ1) is 9.65. The van der Waals surface area contributed by atoms with Gasteiger partial charge in [-0.15, -0.1) is 0 Å². The minimum absolute atomic E-state index is 0.755. The summed E-state index contributed by atoms with van der Waals surface area (Å²) >= 11 is 0. The molecule has 0 N–H and O–H groups in total. The van der Waals surface area contributed by atoms with E-state index in [9.17, 15) is 0 Å². The molecule has 0 bridgehead atoms. The van der Waals surface area contributed by atoms with Crippen molar-refractivity contribution in [2.24, 2.45) is 5.92 Å². The van der Waals surface area contributed by atoms with Gasteiger partial charge in [0, 0.05) is 10.5 Å². The van der Waals surface area contributed by atoms with Crippen molar-refractivity contribution in [1.82, 2.24) is 0 Å². The molecule has 0 heterocycles. The summed E-state index contributed by atoms with van der Waals surface area (Å²) in [5.74, 6) is 0.958. The van der Waals surface area contributed by atoms with Crippen molar-refractivity contribution in [3.8, 4) is 0 Å². The predicted molar refractivity (Wildman–Crippen MR) is 101 cm³/mol. The second-order valence-electron chi connectivity index (χ2n) is 6.29. The minimum atomic E-state index is 0.755. The molecule has 1 unspecified atom stereocenters. The van der Waals surface area contributed by atoms with E-state index in [2.05, 4.69) is 56.2 Å². The average molecular weight is 319 g/mol. The maximum Gasteiger partial charge on any atom is 0.0177 e. The van der Waals surface area contributed by atoms with Crippen LogP contribution in [0.25, 0.3) is 0 Å². The Bertz CT molecular complexity index is 192. The Morgan fingerprint density at radius 3 is 1.75 bits per heavy atom. The fraction of sp³-hybridized carbons (Fsp3) is 1.00. The maximum absolute atomic E-state index is 2.39. The van der Waals surface area contributed by atoms with Crippen LogP contribution in [-0.4, -0.2) is 10.5 Å². The quantitative estimate of drug-likeness (QED) is 0.237. The Labute approximate surface area is 137 Å². The van der Waals surface area contributed by atoms with Crippen molar-refractivity contribution in [1.29, 1.82) is 0 Å². The average Bonchev–Trinajstić information content (AvgIpc) is 2.43. The number of hydrogen-bond acceptors (Lipinski definition) is 2. The van der Waals surface area contributed by atoms with E-state index in [0.717, 1.165) is 16.4 Å². The van der Waals surface area contributed by atoms with Crippen molar-refractivity contribution < 1.29 is 0 Å². The van der Waals surface area contributed by atoms with E-state index < -0.39 is 0 Å². The van der Waals surface area contributed by atoms with Crippen LogP contribution >= 0.6 is 21.6 Å². The van der Waals surface area contributed by atoms with Crippen LogP contribution in [-0.2, 0) is 0 Å². The van der Waals surface area contributed by atoms with Crippen LogP contribution < -0.4 is 0 Å². The van der Waals surface area contributed by atoms with E-state index in [1.165, 1.54) is 64.2 Å². The minimum Gasteiger partial charge on any atom is -0.0910 e. The molecule has 0 spiro atoms. The van der Waals surface area contributed by atoms with Crippen LogP contribution in [0.4, 0.5) is 0 Å². The van der Waals surface area contributed by atoms with Crippen molar-refractivity contribution >= 4 is 21.6 Å². The largest absolute Gasteiger partial charge is 0.0910 e. The zero-order valence-electron chi connectivity index (χ0n) is 14.6. The van der Waals surface area contributed by atoms with Gasteiger partial charge in [0.05, 0.1) is 0 Å². The van der Waals surface area contributed by atoms with Gasteiger partial charge < -0.3 is 0 Å². The van der Waals surface area contributed by atoms with Gasteiger partial charge in [0.1, 0.15) is 0 Å². The summed E-state index contributed by atoms with van der Waals surface area (Å²) in [6.07, 6.45) is 14.2. The summed E-state index contributed by atoms with van der Waals surface area (Å²) < 4.78 is 0. The molecule has 0 aliphatic rings. The monoisotopic (exact) mass is 318 g/mol. The Hall–Kier alpha value is 0.700. The van der Waals surface area contributed by atoms with Crippen LogP contribution in [0.3, 0.4) is 0 Å². The van der Waals surface area contributed by atoms with Gasteiger partial charge in [0.25, 0.3) is 0 Å². The van der Waals surface area contributed by atoms with E-state index in [1.807, 2.05) is 0 Å². The molecule has 0 aromatic carbocycles. The Morgan fingerprint density at radius 2 is 1.25 bits per heavy atom. The molecule has 0 aromatic rings. The summed E-state index contributed by atoms with van der Waals surface area (Å²) in [5, 5.41) is 1.63. The van der Waals surface area contributed by atoms with Gasteiger partial charge >= 0.3 is 0 Å². The van der Waals surface area contributed by atoms with Crippen molar-refractivity contribution in [2.75, 3.05) is 0 Å². The van der Waals surface area contributed by atoms with E-state index >= 15 is 0 Å². The molecule has 2 heteroatoms. The fourth-order valence-electron chi connectivity index (χ4n) is 2.67. The smallest absolute Gasteiger partial charge is 0.0177 e. The lowest BCUT2D eigenvalue weighted by atomic mass is 9.90. The van der Waals surface area contributed by atoms with E-state index in [0.29, 0.717) is 0 Å². The highest BCUT2D eigenvalue weighted by Gasteiger charge is 2.20. The lowest BCUT2D eigenvalue weighted by Gasteiger charge is -2.26. The zero-order chi connectivity index (χ0) is 15.2. The van der Waals surface area contributed by atoms with Gasteiger partial charge in [-0.25, -0.2) is 0 Å². The second-order valence-corrected chi connectivity index (χ2v) is 9.38. The molecule has 0 nitrogen and oxygen atoms in total. The van der Waals surface area contributed by atoms with Gasteiger partial charge in [-0.3, -0.25) is 0 Å². The highest BCUT2D eigenvalue weighted by atomic mass is 33.1. The fourth-order valence-corrected chi connectivity index (χ4v) is 5.57. The molecule has 0 aliphatic carbocycles. The van der Waals surface area contributed by atoms with Gasteiger partial charge in [0.15, 0.2) is 0 Å². The van der Waals surface area contributed by atoms with Crippen molar-refractivity contribution in [3.63, 3.8) is 0 Å². The van der Waals surface area contributed by atoms with Crippen LogP contribution in [0, 0.1) is 5.92 Å². The predicted octanol–water partition coefficient (Wildman–Crippen LogP) is 7.72. The molecule has 0 saturated heterocycles. The third kappa shape index (κ3) is 11.4. The van der Waals surface area contributed by atoms with Crippen LogP contribution in [0.2, 0.25) is 0 Å². The second kappa shape index (κ2) is 14.6. The molecule has 20 heavy (non-hydrogen) atoms. The van der Waals surface area contributed by atoms with E-state index in [4.69, 9.17) is 0 Å². The molecule has 0 radical (unpaired) electrons. The van der Waals surface area contributed by atoms with Crippen LogP contribution in [0.5, 0.6) is 0 Å². The molecule has 0 amide bonds. The zero-order valence-corrected chi connectivity index (χ0v) is 16.3. The number of rotatable bonds is 14. The maximum atomic E-state index is 2.39. The number of hydrogen-bond donors (Lipinski definition) is 0. The molecule has 0 fully saturated rings. The first-order valence-corrected chi connectivity index (χ1v) is 11.2. The lowest BCUT2D eigenvalue weighted by molar-refractivity contribution is 0.392. The molecule has 0 aromatic heterocycles. The highest BCUT2D eigenvalue weighted by Crippen LogP contribution is 2.39.